The second kappa shape index (κ2) is 7.42. The van der Waals surface area contributed by atoms with Crippen LogP contribution in [0.3, 0.4) is 0 Å². The molecule has 0 aromatic heterocycles. The number of methoxy groups -OCH3 is 1. The molecule has 0 radical (unpaired) electrons. The van der Waals surface area contributed by atoms with Crippen molar-refractivity contribution < 1.29 is 25.1 Å². The van der Waals surface area contributed by atoms with Crippen molar-refractivity contribution in [1.29, 1.82) is 0 Å². The number of ether oxygens (including phenoxy) is 4. The molecule has 25 heavy (non-hydrogen) atoms. The number of rotatable bonds is 4. The summed E-state index contributed by atoms with van der Waals surface area (Å²) < 4.78 is 38.8. The van der Waals surface area contributed by atoms with E-state index in [9.17, 15) is 0 Å². The van der Waals surface area contributed by atoms with Crippen LogP contribution in [0.4, 0.5) is 0 Å². The second-order valence-corrected chi connectivity index (χ2v) is 17.3. The Hall–Kier alpha value is -0.221. The van der Waals surface area contributed by atoms with E-state index < -0.39 is 31.8 Å². The average Bonchev–Trinajstić information content (AvgIpc) is 3.08. The minimum atomic E-state index is -3.06. The Morgan fingerprint density at radius 1 is 1.00 bits per heavy atom. The van der Waals surface area contributed by atoms with Gasteiger partial charge in [-0.15, -0.1) is 0 Å². The van der Waals surface area contributed by atoms with Gasteiger partial charge in [0.2, 0.25) is 0 Å². The Labute approximate surface area is 153 Å². The molecule has 3 fully saturated rings. The second-order valence-electron chi connectivity index (χ2n) is 6.74. The van der Waals surface area contributed by atoms with Crippen LogP contribution in [0, 0.1) is 0 Å². The first-order chi connectivity index (χ1) is 12.2. The molecule has 0 saturated carbocycles. The molecular weight excluding hydrogens is 431 g/mol. The van der Waals surface area contributed by atoms with Gasteiger partial charge in [0.25, 0.3) is 0 Å². The molecule has 0 amide bonds. The van der Waals surface area contributed by atoms with Gasteiger partial charge in [0, 0.05) is 0 Å². The van der Waals surface area contributed by atoms with Crippen LogP contribution in [0.1, 0.15) is 25.7 Å². The standard InChI is InChI=1S/C14H16O6.2C2H5.Sn/c1-17-14-11(16)10(15)12-9(19-14)7-18-13(20-12)8-5-3-2-4-6-8;2*1-2;/h2-6,9-14H,7H2,1H3;2*1H2,2H3;/q-2;;;+2. The molecule has 0 aliphatic carbocycles. The normalized spacial score (nSPS) is 39.6. The van der Waals surface area contributed by atoms with Gasteiger partial charge in [-0.3, -0.25) is 0 Å². The number of fused-ring (bicyclic) bond motifs is 3. The summed E-state index contributed by atoms with van der Waals surface area (Å²) in [6.45, 7) is 4.78. The average molecular weight is 457 g/mol. The summed E-state index contributed by atoms with van der Waals surface area (Å²) in [7, 11) is 1.65. The van der Waals surface area contributed by atoms with Crippen LogP contribution in [0.15, 0.2) is 30.3 Å². The molecule has 0 N–H and O–H groups in total. The summed E-state index contributed by atoms with van der Waals surface area (Å²) in [5.74, 6) is 0. The zero-order chi connectivity index (χ0) is 17.4. The van der Waals surface area contributed by atoms with Crippen LogP contribution in [-0.4, -0.2) is 63.6 Å². The van der Waals surface area contributed by atoms with Gasteiger partial charge in [-0.25, -0.2) is 0 Å². The molecule has 6 unspecified atom stereocenters. The third-order valence-electron chi connectivity index (χ3n) is 5.37. The van der Waals surface area contributed by atoms with E-state index in [1.54, 1.807) is 7.11 Å². The van der Waals surface area contributed by atoms with Crippen molar-refractivity contribution in [3.05, 3.63) is 35.9 Å². The van der Waals surface area contributed by atoms with Gasteiger partial charge >= 0.3 is 154 Å². The Morgan fingerprint density at radius 2 is 1.72 bits per heavy atom. The van der Waals surface area contributed by atoms with Crippen LogP contribution in [0.25, 0.3) is 0 Å². The van der Waals surface area contributed by atoms with Gasteiger partial charge in [-0.2, -0.15) is 0 Å². The fraction of sp³-hybridized carbons (Fsp3) is 0.667. The maximum atomic E-state index is 6.58. The van der Waals surface area contributed by atoms with Crippen molar-refractivity contribution in [2.75, 3.05) is 13.7 Å². The molecule has 0 bridgehead atoms. The van der Waals surface area contributed by atoms with E-state index in [1.807, 2.05) is 30.3 Å². The summed E-state index contributed by atoms with van der Waals surface area (Å²) in [5, 5.41) is 0. The number of hydrogen-bond acceptors (Lipinski definition) is 6. The van der Waals surface area contributed by atoms with Gasteiger partial charge in [-0.1, -0.05) is 0 Å². The van der Waals surface area contributed by atoms with E-state index in [0.717, 1.165) is 14.4 Å². The third-order valence-corrected chi connectivity index (χ3v) is 15.5. The molecular formula is C18H26O6Sn. The Morgan fingerprint density at radius 3 is 2.40 bits per heavy atom. The topological polar surface area (TPSA) is 55.4 Å². The zero-order valence-electron chi connectivity index (χ0n) is 14.9. The minimum absolute atomic E-state index is 0.144. The summed E-state index contributed by atoms with van der Waals surface area (Å²) in [4.78, 5) is 0. The van der Waals surface area contributed by atoms with Crippen LogP contribution in [0.5, 0.6) is 0 Å². The molecule has 7 heteroatoms. The van der Waals surface area contributed by atoms with Crippen molar-refractivity contribution in [3.8, 4) is 0 Å². The molecule has 3 aliphatic heterocycles. The zero-order valence-corrected chi connectivity index (χ0v) is 17.8. The van der Waals surface area contributed by atoms with Gasteiger partial charge in [0.1, 0.15) is 0 Å². The van der Waals surface area contributed by atoms with E-state index in [1.165, 1.54) is 0 Å². The van der Waals surface area contributed by atoms with Gasteiger partial charge < -0.3 is 0 Å². The Kier molecular flexibility index (Phi) is 5.39. The van der Waals surface area contributed by atoms with E-state index >= 15 is 0 Å². The van der Waals surface area contributed by atoms with Gasteiger partial charge in [-0.05, 0) is 0 Å². The molecule has 1 aromatic rings. The first-order valence-corrected chi connectivity index (χ1v) is 15.4. The van der Waals surface area contributed by atoms with Crippen molar-refractivity contribution in [2.45, 2.75) is 59.7 Å². The van der Waals surface area contributed by atoms with Crippen molar-refractivity contribution in [1.82, 2.24) is 0 Å². The van der Waals surface area contributed by atoms with Crippen LogP contribution in [0.2, 0.25) is 8.87 Å². The fourth-order valence-corrected chi connectivity index (χ4v) is 11.7. The molecule has 3 heterocycles. The monoisotopic (exact) mass is 458 g/mol. The Bertz CT molecular complexity index is 580. The van der Waals surface area contributed by atoms with Crippen molar-refractivity contribution in [2.24, 2.45) is 0 Å². The SMILES string of the molecule is C[CH2][Sn]1([CH2]C)[O]C2C(OC)OC3COC(c4ccccc4)OC3C2[O]1. The number of hydrogen-bond donors (Lipinski definition) is 0. The third kappa shape index (κ3) is 3.26. The van der Waals surface area contributed by atoms with Crippen LogP contribution >= 0.6 is 0 Å². The molecule has 138 valence electrons. The summed E-state index contributed by atoms with van der Waals surface area (Å²) in [6, 6.07) is 9.98. The predicted octanol–water partition coefficient (Wildman–Crippen LogP) is 2.74. The summed E-state index contributed by atoms with van der Waals surface area (Å²) in [6.07, 6.45) is -1.59. The molecule has 4 rings (SSSR count). The predicted molar refractivity (Wildman–Crippen MR) is 92.1 cm³/mol. The van der Waals surface area contributed by atoms with E-state index in [2.05, 4.69) is 13.8 Å². The van der Waals surface area contributed by atoms with E-state index in [-0.39, 0.29) is 24.4 Å². The van der Waals surface area contributed by atoms with Crippen molar-refractivity contribution >= 4 is 19.2 Å². The fourth-order valence-electron chi connectivity index (χ4n) is 3.88. The van der Waals surface area contributed by atoms with Crippen molar-refractivity contribution in [3.63, 3.8) is 0 Å². The van der Waals surface area contributed by atoms with Crippen LogP contribution in [-0.2, 0) is 25.1 Å². The van der Waals surface area contributed by atoms with E-state index in [4.69, 9.17) is 25.1 Å². The molecule has 3 saturated heterocycles. The molecule has 6 nitrogen and oxygen atoms in total. The number of benzene rings is 1. The van der Waals surface area contributed by atoms with E-state index in [0.29, 0.717) is 6.61 Å². The molecule has 3 aliphatic rings. The Balaban J connectivity index is 1.58. The quantitative estimate of drug-likeness (QED) is 0.649. The van der Waals surface area contributed by atoms with Gasteiger partial charge in [0.05, 0.1) is 0 Å². The summed E-state index contributed by atoms with van der Waals surface area (Å²) >= 11 is -3.06. The first-order valence-electron chi connectivity index (χ1n) is 9.05. The molecule has 1 aromatic carbocycles. The van der Waals surface area contributed by atoms with Crippen LogP contribution < -0.4 is 0 Å². The van der Waals surface area contributed by atoms with Gasteiger partial charge in [0.15, 0.2) is 0 Å². The first kappa shape index (κ1) is 18.2. The molecule has 6 atom stereocenters. The maximum absolute atomic E-state index is 6.58. The molecule has 0 spiro atoms. The summed E-state index contributed by atoms with van der Waals surface area (Å²) in [5.41, 5.74) is 1.01.